The third-order valence-electron chi connectivity index (χ3n) is 3.33. The summed E-state index contributed by atoms with van der Waals surface area (Å²) in [4.78, 5) is 11.0. The molecule has 0 aromatic heterocycles. The van der Waals surface area contributed by atoms with Gasteiger partial charge in [-0.05, 0) is 12.3 Å². The van der Waals surface area contributed by atoms with Crippen LogP contribution in [0.4, 0.5) is 0 Å². The Balaban J connectivity index is 0.000000178. The number of esters is 1. The summed E-state index contributed by atoms with van der Waals surface area (Å²) >= 11 is 2.31. The molecule has 2 saturated carbocycles. The second kappa shape index (κ2) is 6.22. The first-order chi connectivity index (χ1) is 8.40. The van der Waals surface area contributed by atoms with Crippen molar-refractivity contribution in [3.8, 4) is 0 Å². The van der Waals surface area contributed by atoms with Gasteiger partial charge in [-0.1, -0.05) is 18.1 Å². The summed E-state index contributed by atoms with van der Waals surface area (Å²) in [5.74, 6) is 1.04. The van der Waals surface area contributed by atoms with E-state index in [4.69, 9.17) is 13.2 Å². The summed E-state index contributed by atoms with van der Waals surface area (Å²) in [5, 5.41) is 0. The first-order valence-corrected chi connectivity index (χ1v) is 7.37. The average molecular weight is 321 g/mol. The van der Waals surface area contributed by atoms with Crippen molar-refractivity contribution >= 4 is 16.1 Å². The van der Waals surface area contributed by atoms with Crippen molar-refractivity contribution in [2.75, 3.05) is 5.75 Å². The summed E-state index contributed by atoms with van der Waals surface area (Å²) in [6.07, 6.45) is 4.80. The number of carbonyl (C=O) groups excluding carboxylic acids is 1. The topological polar surface area (TPSA) is 97.7 Å². The number of hydrogen-bond acceptors (Lipinski definition) is 5. The van der Waals surface area contributed by atoms with E-state index in [1.165, 1.54) is 6.42 Å². The van der Waals surface area contributed by atoms with Gasteiger partial charge in [-0.15, -0.1) is 0 Å². The predicted octanol–water partition coefficient (Wildman–Crippen LogP) is 0.359. The van der Waals surface area contributed by atoms with Crippen molar-refractivity contribution in [2.24, 2.45) is 17.8 Å². The Bertz CT molecular complexity index is 407. The summed E-state index contributed by atoms with van der Waals surface area (Å²) < 4.78 is 39.8. The predicted molar refractivity (Wildman–Crippen MR) is 56.3 cm³/mol. The Labute approximate surface area is 114 Å². The van der Waals surface area contributed by atoms with Crippen LogP contribution in [0.25, 0.3) is 0 Å². The molecule has 3 rings (SSSR count). The average Bonchev–Trinajstić information content (AvgIpc) is 2.93. The molecule has 0 spiro atoms. The van der Waals surface area contributed by atoms with Gasteiger partial charge < -0.3 is 18.1 Å². The third kappa shape index (κ3) is 3.59. The zero-order valence-corrected chi connectivity index (χ0v) is 11.3. The molecule has 2 aliphatic carbocycles. The molecule has 6 nitrogen and oxygen atoms in total. The van der Waals surface area contributed by atoms with E-state index in [0.29, 0.717) is 17.9 Å². The Hall–Kier alpha value is -0.314. The summed E-state index contributed by atoms with van der Waals surface area (Å²) in [6.45, 7) is 2.92. The van der Waals surface area contributed by atoms with Gasteiger partial charge in [0.2, 0.25) is 10.1 Å². The summed E-state index contributed by atoms with van der Waals surface area (Å²) in [5.41, 5.74) is 0. The molecule has 0 amide bonds. The van der Waals surface area contributed by atoms with Crippen LogP contribution in [0.1, 0.15) is 12.8 Å². The molecule has 8 heteroatoms. The molecule has 3 fully saturated rings. The maximum absolute atomic E-state index is 11.0. The van der Waals surface area contributed by atoms with Crippen LogP contribution >= 0.6 is 0 Å². The molecule has 2 bridgehead atoms. The Kier molecular flexibility index (Phi) is 5.44. The van der Waals surface area contributed by atoms with E-state index in [2.05, 4.69) is 29.0 Å². The van der Waals surface area contributed by atoms with E-state index >= 15 is 0 Å². The summed E-state index contributed by atoms with van der Waals surface area (Å²) in [6, 6.07) is 0. The zero-order valence-electron chi connectivity index (χ0n) is 9.45. The van der Waals surface area contributed by atoms with Gasteiger partial charge in [0.05, 0.1) is 0 Å². The van der Waals surface area contributed by atoms with E-state index in [9.17, 15) is 13.2 Å². The number of hydrogen-bond donors (Lipinski definition) is 1. The van der Waals surface area contributed by atoms with Crippen molar-refractivity contribution in [1.29, 1.82) is 0 Å². The Morgan fingerprint density at radius 2 is 2.00 bits per heavy atom. The van der Waals surface area contributed by atoms with E-state index in [-0.39, 0.29) is 11.9 Å². The number of rotatable bonds is 1. The molecule has 18 heavy (non-hydrogen) atoms. The fourth-order valence-electron chi connectivity index (χ4n) is 2.66. The van der Waals surface area contributed by atoms with Crippen LogP contribution in [0.5, 0.6) is 0 Å². The van der Waals surface area contributed by atoms with E-state index < -0.39 is 15.9 Å². The second-order valence-corrected chi connectivity index (χ2v) is 5.95. The first kappa shape index (κ1) is 15.7. The third-order valence-corrected chi connectivity index (χ3v) is 3.84. The van der Waals surface area contributed by atoms with Crippen molar-refractivity contribution in [2.45, 2.75) is 18.9 Å². The Morgan fingerprint density at radius 1 is 1.44 bits per heavy atom. The molecular weight excluding hydrogens is 307 g/mol. The molecule has 107 valence electrons. The van der Waals surface area contributed by atoms with Gasteiger partial charge in [0.15, 0.2) is 0 Å². The molecular formula is C10H14CoO6S-2. The van der Waals surface area contributed by atoms with Gasteiger partial charge in [-0.3, -0.25) is 9.35 Å². The molecule has 0 radical (unpaired) electrons. The molecule has 1 N–H and O–H groups in total. The van der Waals surface area contributed by atoms with E-state index in [0.717, 1.165) is 6.42 Å². The fraction of sp³-hybridized carbons (Fsp3) is 0.700. The van der Waals surface area contributed by atoms with Crippen LogP contribution in [0, 0.1) is 31.1 Å². The van der Waals surface area contributed by atoms with Crippen LogP contribution in [0.2, 0.25) is 0 Å². The quantitative estimate of drug-likeness (QED) is 0.425. The van der Waals surface area contributed by atoms with Gasteiger partial charge in [-0.25, -0.2) is 8.42 Å². The summed E-state index contributed by atoms with van der Waals surface area (Å²) in [7, 11) is -3.77. The minimum atomic E-state index is -3.77. The zero-order chi connectivity index (χ0) is 13.9. The monoisotopic (exact) mass is 321 g/mol. The van der Waals surface area contributed by atoms with Crippen molar-refractivity contribution < 1.29 is 42.0 Å². The fourth-order valence-corrected chi connectivity index (χ4v) is 2.66. The number of fused-ring (bicyclic) bond motifs is 1. The Morgan fingerprint density at radius 3 is 2.33 bits per heavy atom. The van der Waals surface area contributed by atoms with Gasteiger partial charge >= 0.3 is 19.5 Å². The van der Waals surface area contributed by atoms with Gasteiger partial charge in [0, 0.05) is 0 Å². The molecule has 1 aliphatic heterocycles. The SMILES string of the molecule is O=C1OC2CC3[CH-]C1C2C3.[CH2-]CS(=O)(=O)O.[O]=[Co]. The van der Waals surface area contributed by atoms with E-state index in [1.807, 2.05) is 0 Å². The van der Waals surface area contributed by atoms with Crippen molar-refractivity contribution in [1.82, 2.24) is 0 Å². The molecule has 4 unspecified atom stereocenters. The van der Waals surface area contributed by atoms with Crippen molar-refractivity contribution in [3.63, 3.8) is 0 Å². The molecule has 4 atom stereocenters. The molecule has 0 aromatic carbocycles. The second-order valence-electron chi connectivity index (χ2n) is 4.37. The molecule has 1 heterocycles. The minimum absolute atomic E-state index is 0.0370. The van der Waals surface area contributed by atoms with Gasteiger partial charge in [0.25, 0.3) is 5.97 Å². The van der Waals surface area contributed by atoms with Crippen LogP contribution in [0.3, 0.4) is 0 Å². The van der Waals surface area contributed by atoms with Crippen LogP contribution in [0.15, 0.2) is 0 Å². The van der Waals surface area contributed by atoms with Gasteiger partial charge in [0.1, 0.15) is 6.10 Å². The number of ether oxygens (including phenoxy) is 1. The van der Waals surface area contributed by atoms with Crippen LogP contribution in [-0.4, -0.2) is 30.8 Å². The van der Waals surface area contributed by atoms with Gasteiger partial charge in [-0.2, -0.15) is 5.92 Å². The number of carbonyl (C=O) groups is 1. The molecule has 1 saturated heterocycles. The first-order valence-electron chi connectivity index (χ1n) is 5.34. The van der Waals surface area contributed by atoms with E-state index in [1.54, 1.807) is 0 Å². The maximum atomic E-state index is 11.0. The van der Waals surface area contributed by atoms with Crippen molar-refractivity contribution in [3.05, 3.63) is 13.3 Å². The van der Waals surface area contributed by atoms with Crippen LogP contribution < -0.4 is 0 Å². The normalized spacial score (nSPS) is 35.2. The standard InChI is InChI=1S/C8H9O2.C2H5O3S.Co.O/c9-8-6-2-4-1-5(6)7(3-4)10-8;1-2-6(3,4)5;;/h2,4-7H,1,3H2;1-2H2,(H,3,4,5);;/q2*-1;;. The van der Waals surface area contributed by atoms with Crippen LogP contribution in [-0.2, 0) is 39.2 Å². The molecule has 0 aromatic rings. The molecule has 3 aliphatic rings.